The molecule has 0 spiro atoms. The van der Waals surface area contributed by atoms with Crippen molar-refractivity contribution in [2.45, 2.75) is 25.4 Å². The zero-order valence-electron chi connectivity index (χ0n) is 13.7. The smallest absolute Gasteiger partial charge is 0.220 e. The van der Waals surface area contributed by atoms with E-state index in [-0.39, 0.29) is 18.6 Å². The lowest BCUT2D eigenvalue weighted by molar-refractivity contribution is -0.122. The van der Waals surface area contributed by atoms with Gasteiger partial charge in [0.25, 0.3) is 0 Å². The fourth-order valence-electron chi connectivity index (χ4n) is 2.54. The molecule has 2 rings (SSSR count). The Kier molecular flexibility index (Phi) is 7.03. The highest BCUT2D eigenvalue weighted by Crippen LogP contribution is 2.12. The SMILES string of the molecule is CS(=O)(=O)N1CCOC(CNC(=O)CCCc2ccc(Cl)cc2)C1. The third-order valence-electron chi connectivity index (χ3n) is 3.88. The summed E-state index contributed by atoms with van der Waals surface area (Å²) in [5, 5.41) is 3.51. The summed E-state index contributed by atoms with van der Waals surface area (Å²) in [4.78, 5) is 11.9. The van der Waals surface area contributed by atoms with Crippen molar-refractivity contribution in [3.05, 3.63) is 34.9 Å². The van der Waals surface area contributed by atoms with Gasteiger partial charge in [-0.1, -0.05) is 23.7 Å². The Hall–Kier alpha value is -1.15. The van der Waals surface area contributed by atoms with Crippen LogP contribution >= 0.6 is 11.6 Å². The maximum absolute atomic E-state index is 11.9. The first-order valence-corrected chi connectivity index (χ1v) is 10.1. The molecular weight excluding hydrogens is 352 g/mol. The molecule has 0 saturated carbocycles. The van der Waals surface area contributed by atoms with E-state index in [0.29, 0.717) is 31.1 Å². The summed E-state index contributed by atoms with van der Waals surface area (Å²) in [5.74, 6) is -0.0518. The first-order valence-electron chi connectivity index (χ1n) is 7.92. The highest BCUT2D eigenvalue weighted by molar-refractivity contribution is 7.88. The molecule has 1 N–H and O–H groups in total. The summed E-state index contributed by atoms with van der Waals surface area (Å²) in [6.07, 6.45) is 2.87. The summed E-state index contributed by atoms with van der Waals surface area (Å²) < 4.78 is 30.0. The Bertz CT molecular complexity index is 649. The standard InChI is InChI=1S/C16H23ClN2O4S/c1-24(21,22)19-9-10-23-15(12-19)11-18-16(20)4-2-3-13-5-7-14(17)8-6-13/h5-8,15H,2-4,9-12H2,1H3,(H,18,20). The van der Waals surface area contributed by atoms with Gasteiger partial charge in [0.15, 0.2) is 0 Å². The summed E-state index contributed by atoms with van der Waals surface area (Å²) in [7, 11) is -3.21. The molecule has 0 aromatic heterocycles. The molecule has 6 nitrogen and oxygen atoms in total. The third kappa shape index (κ3) is 6.39. The van der Waals surface area contributed by atoms with E-state index in [2.05, 4.69) is 5.32 Å². The quantitative estimate of drug-likeness (QED) is 0.783. The van der Waals surface area contributed by atoms with Crippen molar-refractivity contribution in [3.63, 3.8) is 0 Å². The molecule has 1 saturated heterocycles. The van der Waals surface area contributed by atoms with Crippen molar-refractivity contribution >= 4 is 27.5 Å². The van der Waals surface area contributed by atoms with Gasteiger partial charge in [-0.2, -0.15) is 4.31 Å². The van der Waals surface area contributed by atoms with Crippen molar-refractivity contribution in [3.8, 4) is 0 Å². The van der Waals surface area contributed by atoms with Gasteiger partial charge >= 0.3 is 0 Å². The first kappa shape index (κ1) is 19.2. The van der Waals surface area contributed by atoms with Crippen LogP contribution in [0.3, 0.4) is 0 Å². The molecule has 24 heavy (non-hydrogen) atoms. The number of morpholine rings is 1. The van der Waals surface area contributed by atoms with E-state index in [1.807, 2.05) is 24.3 Å². The number of hydrogen-bond donors (Lipinski definition) is 1. The fourth-order valence-corrected chi connectivity index (χ4v) is 3.51. The van der Waals surface area contributed by atoms with Crippen molar-refractivity contribution in [1.29, 1.82) is 0 Å². The summed E-state index contributed by atoms with van der Waals surface area (Å²) in [6, 6.07) is 7.58. The van der Waals surface area contributed by atoms with Gasteiger partial charge < -0.3 is 10.1 Å². The van der Waals surface area contributed by atoms with Crippen LogP contribution in [0.25, 0.3) is 0 Å². The predicted octanol–water partition coefficient (Wildman–Crippen LogP) is 1.44. The molecule has 134 valence electrons. The summed E-state index contributed by atoms with van der Waals surface area (Å²) in [5.41, 5.74) is 1.15. The van der Waals surface area contributed by atoms with Crippen LogP contribution in [0.1, 0.15) is 18.4 Å². The number of aryl methyl sites for hydroxylation is 1. The van der Waals surface area contributed by atoms with Gasteiger partial charge in [-0.15, -0.1) is 0 Å². The lowest BCUT2D eigenvalue weighted by Gasteiger charge is -2.31. The minimum absolute atomic E-state index is 0.0518. The average molecular weight is 375 g/mol. The number of benzene rings is 1. The predicted molar refractivity (Wildman–Crippen MR) is 93.6 cm³/mol. The highest BCUT2D eigenvalue weighted by Gasteiger charge is 2.26. The number of hydrogen-bond acceptors (Lipinski definition) is 4. The number of halogens is 1. The van der Waals surface area contributed by atoms with Crippen LogP contribution in [-0.4, -0.2) is 57.2 Å². The zero-order chi connectivity index (χ0) is 17.6. The van der Waals surface area contributed by atoms with Crippen LogP contribution in [0.2, 0.25) is 5.02 Å². The molecule has 1 heterocycles. The molecule has 1 amide bonds. The summed E-state index contributed by atoms with van der Waals surface area (Å²) in [6.45, 7) is 1.32. The summed E-state index contributed by atoms with van der Waals surface area (Å²) >= 11 is 5.83. The molecule has 1 aromatic carbocycles. The topological polar surface area (TPSA) is 75.7 Å². The number of sulfonamides is 1. The Balaban J connectivity index is 1.66. The molecule has 8 heteroatoms. The molecule has 1 aliphatic heterocycles. The van der Waals surface area contributed by atoms with E-state index >= 15 is 0 Å². The maximum Gasteiger partial charge on any atom is 0.220 e. The number of amides is 1. The third-order valence-corrected chi connectivity index (χ3v) is 5.40. The number of carbonyl (C=O) groups is 1. The van der Waals surface area contributed by atoms with E-state index in [9.17, 15) is 13.2 Å². The molecule has 0 bridgehead atoms. The van der Waals surface area contributed by atoms with Crippen LogP contribution in [-0.2, 0) is 26.0 Å². The molecule has 1 atom stereocenters. The average Bonchev–Trinajstić information content (AvgIpc) is 2.54. The normalized spacial score (nSPS) is 19.2. The minimum Gasteiger partial charge on any atom is -0.374 e. The van der Waals surface area contributed by atoms with E-state index in [4.69, 9.17) is 16.3 Å². The Labute approximate surface area is 148 Å². The number of carbonyl (C=O) groups excluding carboxylic acids is 1. The van der Waals surface area contributed by atoms with E-state index < -0.39 is 10.0 Å². The number of nitrogens with one attached hydrogen (secondary N) is 1. The lowest BCUT2D eigenvalue weighted by Crippen LogP contribution is -2.49. The van der Waals surface area contributed by atoms with Crippen molar-refractivity contribution in [1.82, 2.24) is 9.62 Å². The molecule has 0 aliphatic carbocycles. The maximum atomic E-state index is 11.9. The first-order chi connectivity index (χ1) is 11.3. The number of rotatable bonds is 7. The fraction of sp³-hybridized carbons (Fsp3) is 0.562. The largest absolute Gasteiger partial charge is 0.374 e. The van der Waals surface area contributed by atoms with Crippen LogP contribution in [0, 0.1) is 0 Å². The molecule has 1 aromatic rings. The molecular formula is C16H23ClN2O4S. The van der Waals surface area contributed by atoms with E-state index in [1.165, 1.54) is 10.6 Å². The van der Waals surface area contributed by atoms with Crippen LogP contribution in [0.5, 0.6) is 0 Å². The van der Waals surface area contributed by atoms with Gasteiger partial charge in [0.1, 0.15) is 0 Å². The van der Waals surface area contributed by atoms with Gasteiger partial charge in [0, 0.05) is 31.1 Å². The molecule has 1 unspecified atom stereocenters. The number of ether oxygens (including phenoxy) is 1. The van der Waals surface area contributed by atoms with Crippen molar-refractivity contribution in [2.24, 2.45) is 0 Å². The van der Waals surface area contributed by atoms with Crippen LogP contribution in [0.4, 0.5) is 0 Å². The van der Waals surface area contributed by atoms with Crippen LogP contribution < -0.4 is 5.32 Å². The monoisotopic (exact) mass is 374 g/mol. The van der Waals surface area contributed by atoms with Gasteiger partial charge in [-0.25, -0.2) is 8.42 Å². The Morgan fingerprint density at radius 1 is 1.38 bits per heavy atom. The Morgan fingerprint density at radius 3 is 2.75 bits per heavy atom. The van der Waals surface area contributed by atoms with Crippen molar-refractivity contribution in [2.75, 3.05) is 32.5 Å². The van der Waals surface area contributed by atoms with Crippen LogP contribution in [0.15, 0.2) is 24.3 Å². The van der Waals surface area contributed by atoms with E-state index in [0.717, 1.165) is 18.4 Å². The van der Waals surface area contributed by atoms with E-state index in [1.54, 1.807) is 0 Å². The van der Waals surface area contributed by atoms with Gasteiger partial charge in [0.2, 0.25) is 15.9 Å². The lowest BCUT2D eigenvalue weighted by atomic mass is 10.1. The molecule has 0 radical (unpaired) electrons. The van der Waals surface area contributed by atoms with Crippen molar-refractivity contribution < 1.29 is 17.9 Å². The second-order valence-electron chi connectivity index (χ2n) is 5.90. The second kappa shape index (κ2) is 8.80. The Morgan fingerprint density at radius 2 is 2.08 bits per heavy atom. The molecule has 1 aliphatic rings. The zero-order valence-corrected chi connectivity index (χ0v) is 15.3. The second-order valence-corrected chi connectivity index (χ2v) is 8.32. The van der Waals surface area contributed by atoms with Gasteiger partial charge in [-0.3, -0.25) is 4.79 Å². The van der Waals surface area contributed by atoms with Gasteiger partial charge in [-0.05, 0) is 30.5 Å². The highest BCUT2D eigenvalue weighted by atomic mass is 35.5. The minimum atomic E-state index is -3.21. The number of nitrogens with zero attached hydrogens (tertiary/aromatic N) is 1. The van der Waals surface area contributed by atoms with Gasteiger partial charge in [0.05, 0.1) is 19.0 Å². The molecule has 1 fully saturated rings.